The zero-order valence-electron chi connectivity index (χ0n) is 17.1. The molecular formula is C20H22N4O5S. The lowest BCUT2D eigenvalue weighted by Crippen LogP contribution is -2.21. The van der Waals surface area contributed by atoms with Gasteiger partial charge in [-0.15, -0.1) is 11.3 Å². The first-order chi connectivity index (χ1) is 14.3. The van der Waals surface area contributed by atoms with Crippen molar-refractivity contribution in [3.05, 3.63) is 46.2 Å². The number of H-pyrrole nitrogens is 1. The van der Waals surface area contributed by atoms with Crippen molar-refractivity contribution in [3.63, 3.8) is 0 Å². The molecule has 0 radical (unpaired) electrons. The SMILES string of the molecule is CCCOC(=O)c1c(NC(=O)c2cc(-c3ccco3)[nH]n2)sc(C(=O)N(C)C)c1C. The van der Waals surface area contributed by atoms with Gasteiger partial charge in [0.25, 0.3) is 11.8 Å². The van der Waals surface area contributed by atoms with Gasteiger partial charge in [0.1, 0.15) is 10.7 Å². The molecule has 3 aromatic heterocycles. The molecule has 0 saturated carbocycles. The van der Waals surface area contributed by atoms with Gasteiger partial charge >= 0.3 is 5.97 Å². The first-order valence-electron chi connectivity index (χ1n) is 9.26. The van der Waals surface area contributed by atoms with Gasteiger partial charge in [0.15, 0.2) is 11.5 Å². The topological polar surface area (TPSA) is 118 Å². The van der Waals surface area contributed by atoms with E-state index in [1.54, 1.807) is 33.2 Å². The first kappa shape index (κ1) is 21.3. The summed E-state index contributed by atoms with van der Waals surface area (Å²) < 4.78 is 10.5. The number of ether oxygens (including phenoxy) is 1. The van der Waals surface area contributed by atoms with Crippen molar-refractivity contribution >= 4 is 34.1 Å². The Morgan fingerprint density at radius 1 is 1.33 bits per heavy atom. The van der Waals surface area contributed by atoms with Crippen molar-refractivity contribution in [1.82, 2.24) is 15.1 Å². The number of carbonyl (C=O) groups is 3. The number of hydrogen-bond acceptors (Lipinski definition) is 7. The van der Waals surface area contributed by atoms with Gasteiger partial charge in [-0.05, 0) is 31.0 Å². The molecule has 10 heteroatoms. The highest BCUT2D eigenvalue weighted by Gasteiger charge is 2.28. The van der Waals surface area contributed by atoms with Crippen LogP contribution in [-0.4, -0.2) is 53.6 Å². The number of esters is 1. The average molecular weight is 430 g/mol. The number of carbonyl (C=O) groups excluding carboxylic acids is 3. The molecule has 158 valence electrons. The van der Waals surface area contributed by atoms with Gasteiger partial charge in [0.05, 0.1) is 23.3 Å². The number of furan rings is 1. The van der Waals surface area contributed by atoms with Crippen LogP contribution in [0.25, 0.3) is 11.5 Å². The van der Waals surface area contributed by atoms with Gasteiger partial charge < -0.3 is 19.4 Å². The lowest BCUT2D eigenvalue weighted by molar-refractivity contribution is 0.0506. The van der Waals surface area contributed by atoms with Crippen LogP contribution in [0.1, 0.15) is 49.4 Å². The van der Waals surface area contributed by atoms with E-state index >= 15 is 0 Å². The van der Waals surface area contributed by atoms with E-state index < -0.39 is 11.9 Å². The van der Waals surface area contributed by atoms with Crippen molar-refractivity contribution in [1.29, 1.82) is 0 Å². The van der Waals surface area contributed by atoms with Crippen LogP contribution in [0.4, 0.5) is 5.00 Å². The number of nitrogens with one attached hydrogen (secondary N) is 2. The lowest BCUT2D eigenvalue weighted by Gasteiger charge is -2.09. The maximum Gasteiger partial charge on any atom is 0.341 e. The van der Waals surface area contributed by atoms with E-state index in [1.807, 2.05) is 6.92 Å². The molecule has 0 bridgehead atoms. The molecule has 3 heterocycles. The van der Waals surface area contributed by atoms with E-state index in [1.165, 1.54) is 17.2 Å². The molecule has 30 heavy (non-hydrogen) atoms. The fraction of sp³-hybridized carbons (Fsp3) is 0.300. The highest BCUT2D eigenvalue weighted by atomic mass is 32.1. The summed E-state index contributed by atoms with van der Waals surface area (Å²) in [5.74, 6) is -0.839. The molecule has 0 saturated heterocycles. The third kappa shape index (κ3) is 4.28. The van der Waals surface area contributed by atoms with E-state index in [4.69, 9.17) is 9.15 Å². The summed E-state index contributed by atoms with van der Waals surface area (Å²) in [6.07, 6.45) is 2.17. The van der Waals surface area contributed by atoms with Crippen LogP contribution in [0.5, 0.6) is 0 Å². The van der Waals surface area contributed by atoms with E-state index in [-0.39, 0.29) is 28.8 Å². The number of anilines is 1. The third-order valence-corrected chi connectivity index (χ3v) is 5.41. The molecule has 2 N–H and O–H groups in total. The van der Waals surface area contributed by atoms with E-state index in [9.17, 15) is 14.4 Å². The average Bonchev–Trinajstić information content (AvgIpc) is 3.45. The van der Waals surface area contributed by atoms with E-state index in [2.05, 4.69) is 15.5 Å². The molecule has 0 aliphatic heterocycles. The van der Waals surface area contributed by atoms with Crippen molar-refractivity contribution < 1.29 is 23.5 Å². The predicted molar refractivity (Wildman–Crippen MR) is 112 cm³/mol. The van der Waals surface area contributed by atoms with Crippen molar-refractivity contribution in [2.24, 2.45) is 0 Å². The zero-order valence-corrected chi connectivity index (χ0v) is 17.9. The van der Waals surface area contributed by atoms with Gasteiger partial charge in [-0.25, -0.2) is 4.79 Å². The summed E-state index contributed by atoms with van der Waals surface area (Å²) in [7, 11) is 3.24. The molecule has 2 amide bonds. The highest BCUT2D eigenvalue weighted by Crippen LogP contribution is 2.35. The van der Waals surface area contributed by atoms with Crippen LogP contribution in [-0.2, 0) is 4.74 Å². The number of thiophene rings is 1. The maximum absolute atomic E-state index is 12.7. The largest absolute Gasteiger partial charge is 0.463 e. The Balaban J connectivity index is 1.91. The zero-order chi connectivity index (χ0) is 21.8. The molecule has 9 nitrogen and oxygen atoms in total. The third-order valence-electron chi connectivity index (χ3n) is 4.21. The molecule has 3 rings (SSSR count). The minimum atomic E-state index is -0.586. The number of amides is 2. The highest BCUT2D eigenvalue weighted by molar-refractivity contribution is 7.18. The second-order valence-electron chi connectivity index (χ2n) is 6.69. The molecule has 0 aliphatic rings. The molecule has 0 aromatic carbocycles. The Hall–Kier alpha value is -3.40. The number of hydrogen-bond donors (Lipinski definition) is 2. The molecular weight excluding hydrogens is 408 g/mol. The number of nitrogens with zero attached hydrogens (tertiary/aromatic N) is 2. The number of aromatic nitrogens is 2. The number of aromatic amines is 1. The summed E-state index contributed by atoms with van der Waals surface area (Å²) in [5, 5.41) is 9.67. The molecule has 0 fully saturated rings. The van der Waals surface area contributed by atoms with Crippen LogP contribution >= 0.6 is 11.3 Å². The molecule has 0 spiro atoms. The van der Waals surface area contributed by atoms with Crippen LogP contribution < -0.4 is 5.32 Å². The Labute approximate surface area is 177 Å². The van der Waals surface area contributed by atoms with Gasteiger partial charge in [-0.3, -0.25) is 14.7 Å². The Kier molecular flexibility index (Phi) is 6.36. The summed E-state index contributed by atoms with van der Waals surface area (Å²) >= 11 is 1.03. The van der Waals surface area contributed by atoms with Gasteiger partial charge in [0, 0.05) is 20.2 Å². The van der Waals surface area contributed by atoms with Crippen molar-refractivity contribution in [3.8, 4) is 11.5 Å². The molecule has 0 aliphatic carbocycles. The fourth-order valence-electron chi connectivity index (χ4n) is 2.68. The van der Waals surface area contributed by atoms with Gasteiger partial charge in [0.2, 0.25) is 0 Å². The summed E-state index contributed by atoms with van der Waals surface area (Å²) in [6.45, 7) is 3.78. The number of rotatable bonds is 7. The monoisotopic (exact) mass is 430 g/mol. The summed E-state index contributed by atoms with van der Waals surface area (Å²) in [6, 6.07) is 5.00. The van der Waals surface area contributed by atoms with Crippen LogP contribution in [0.15, 0.2) is 28.9 Å². The van der Waals surface area contributed by atoms with Crippen LogP contribution in [0.3, 0.4) is 0 Å². The van der Waals surface area contributed by atoms with Crippen LogP contribution in [0, 0.1) is 6.92 Å². The maximum atomic E-state index is 12.7. The summed E-state index contributed by atoms with van der Waals surface area (Å²) in [5.41, 5.74) is 1.29. The van der Waals surface area contributed by atoms with Crippen molar-refractivity contribution in [2.45, 2.75) is 20.3 Å². The molecule has 0 atom stereocenters. The summed E-state index contributed by atoms with van der Waals surface area (Å²) in [4.78, 5) is 39.6. The smallest absolute Gasteiger partial charge is 0.341 e. The Morgan fingerprint density at radius 2 is 2.10 bits per heavy atom. The van der Waals surface area contributed by atoms with Crippen LogP contribution in [0.2, 0.25) is 0 Å². The predicted octanol–water partition coefficient (Wildman–Crippen LogP) is 3.56. The standard InChI is InChI=1S/C20H22N4O5S/c1-5-8-29-20(27)15-11(2)16(19(26)24(3)4)30-18(15)21-17(25)13-10-12(22-23-13)14-7-6-9-28-14/h6-7,9-10H,5,8H2,1-4H3,(H,21,25)(H,22,23). The minimum Gasteiger partial charge on any atom is -0.463 e. The fourth-order valence-corrected chi connectivity index (χ4v) is 3.90. The quantitative estimate of drug-likeness (QED) is 0.554. The second kappa shape index (κ2) is 8.95. The minimum absolute atomic E-state index is 0.112. The van der Waals surface area contributed by atoms with Gasteiger partial charge in [-0.1, -0.05) is 6.92 Å². The molecule has 0 unspecified atom stereocenters. The second-order valence-corrected chi connectivity index (χ2v) is 7.71. The van der Waals surface area contributed by atoms with Gasteiger partial charge in [-0.2, -0.15) is 5.10 Å². The Bertz CT molecular complexity index is 1070. The molecule has 3 aromatic rings. The van der Waals surface area contributed by atoms with E-state index in [0.29, 0.717) is 28.3 Å². The van der Waals surface area contributed by atoms with Crippen molar-refractivity contribution in [2.75, 3.05) is 26.0 Å². The normalized spacial score (nSPS) is 10.7. The van der Waals surface area contributed by atoms with E-state index in [0.717, 1.165) is 11.3 Å². The lowest BCUT2D eigenvalue weighted by atomic mass is 10.1. The Morgan fingerprint density at radius 3 is 2.73 bits per heavy atom. The first-order valence-corrected chi connectivity index (χ1v) is 10.1.